The number of benzene rings is 2. The highest BCUT2D eigenvalue weighted by molar-refractivity contribution is 6.74. The lowest BCUT2D eigenvalue weighted by Gasteiger charge is -2.45. The highest BCUT2D eigenvalue weighted by atomic mass is 28.4. The first-order chi connectivity index (χ1) is 26.9. The van der Waals surface area contributed by atoms with Gasteiger partial charge in [0.2, 0.25) is 0 Å². The SMILES string of the molecule is C=C/C=C\[C@H](C)[C@H](OCc1ccc(OC)cc1)[C@@H](C)[C@H](O[Si](C)(C)C(C)(C)C)[C@@H](C)C/C(C)=C\[C@H](C)[C@@H](O[Si](C)(C)C(C)(C)C)[C@@H](C)COCc1ccc(OC)cc1. The summed E-state index contributed by atoms with van der Waals surface area (Å²) in [6.45, 7) is 42.9. The van der Waals surface area contributed by atoms with E-state index >= 15 is 0 Å². The first kappa shape index (κ1) is 51.7. The average molecular weight is 837 g/mol. The van der Waals surface area contributed by atoms with Gasteiger partial charge in [-0.25, -0.2) is 0 Å². The van der Waals surface area contributed by atoms with Crippen molar-refractivity contribution >= 4 is 16.6 Å². The standard InChI is InChI=1S/C50H84O6Si2/c1-20-21-22-37(3)47(54-35-43-25-29-45(52-15)30-26-43)41(7)48(56-58(18,19)50(11,12)13)39(5)32-36(2)31-38(4)46(55-57(16,17)49(8,9)10)40(6)33-53-34-42-23-27-44(51-14)28-24-42/h20-31,37-41,46-48H,1,32-35H2,2-19H3/b22-21-,36-31-/t37-,38-,39-,40-,41+,46+,47-,48+/m0/s1. The summed E-state index contributed by atoms with van der Waals surface area (Å²) < 4.78 is 38.7. The van der Waals surface area contributed by atoms with Crippen LogP contribution in [-0.4, -0.2) is 55.8 Å². The summed E-state index contributed by atoms with van der Waals surface area (Å²) >= 11 is 0. The average Bonchev–Trinajstić information content (AvgIpc) is 3.14. The van der Waals surface area contributed by atoms with Crippen molar-refractivity contribution < 1.29 is 27.8 Å². The molecule has 0 bridgehead atoms. The maximum absolute atomic E-state index is 7.46. The summed E-state index contributed by atoms with van der Waals surface area (Å²) in [6, 6.07) is 16.3. The molecule has 0 N–H and O–H groups in total. The Balaban J connectivity index is 2.44. The van der Waals surface area contributed by atoms with Gasteiger partial charge in [0, 0.05) is 17.8 Å². The molecule has 0 saturated carbocycles. The molecule has 2 aromatic carbocycles. The van der Waals surface area contributed by atoms with Crippen molar-refractivity contribution in [2.75, 3.05) is 20.8 Å². The van der Waals surface area contributed by atoms with Crippen molar-refractivity contribution in [2.45, 2.75) is 157 Å². The van der Waals surface area contributed by atoms with Gasteiger partial charge in [0.15, 0.2) is 16.6 Å². The molecule has 2 rings (SSSR count). The van der Waals surface area contributed by atoms with Gasteiger partial charge in [-0.2, -0.15) is 0 Å². The topological polar surface area (TPSA) is 55.4 Å². The van der Waals surface area contributed by atoms with Crippen molar-refractivity contribution in [1.29, 1.82) is 0 Å². The van der Waals surface area contributed by atoms with Crippen molar-refractivity contribution in [2.24, 2.45) is 29.6 Å². The van der Waals surface area contributed by atoms with Gasteiger partial charge in [0.05, 0.1) is 52.4 Å². The third-order valence-electron chi connectivity index (χ3n) is 12.8. The van der Waals surface area contributed by atoms with E-state index in [1.807, 2.05) is 36.4 Å². The number of rotatable bonds is 24. The molecule has 0 heterocycles. The van der Waals surface area contributed by atoms with E-state index in [1.165, 1.54) is 5.57 Å². The predicted molar refractivity (Wildman–Crippen MR) is 252 cm³/mol. The fourth-order valence-electron chi connectivity index (χ4n) is 7.18. The van der Waals surface area contributed by atoms with Gasteiger partial charge < -0.3 is 27.8 Å². The van der Waals surface area contributed by atoms with Crippen LogP contribution in [0.25, 0.3) is 0 Å². The van der Waals surface area contributed by atoms with Crippen LogP contribution in [0.2, 0.25) is 36.3 Å². The molecule has 0 aliphatic heterocycles. The molecule has 0 radical (unpaired) electrons. The van der Waals surface area contributed by atoms with E-state index in [0.29, 0.717) is 19.8 Å². The van der Waals surface area contributed by atoms with Crippen molar-refractivity contribution in [3.05, 3.63) is 96.1 Å². The molecular weight excluding hydrogens is 753 g/mol. The van der Waals surface area contributed by atoms with Crippen LogP contribution in [0.1, 0.15) is 101 Å². The van der Waals surface area contributed by atoms with E-state index in [0.717, 1.165) is 29.0 Å². The lowest BCUT2D eigenvalue weighted by atomic mass is 9.81. The molecule has 8 atom stereocenters. The number of hydrogen-bond acceptors (Lipinski definition) is 6. The maximum Gasteiger partial charge on any atom is 0.192 e. The van der Waals surface area contributed by atoms with Crippen LogP contribution in [0.4, 0.5) is 0 Å². The summed E-state index contributed by atoms with van der Waals surface area (Å²) in [6.07, 6.45) is 9.43. The van der Waals surface area contributed by atoms with Crippen LogP contribution in [-0.2, 0) is 31.5 Å². The van der Waals surface area contributed by atoms with Gasteiger partial charge in [-0.1, -0.05) is 137 Å². The lowest BCUT2D eigenvalue weighted by molar-refractivity contribution is -0.0644. The summed E-state index contributed by atoms with van der Waals surface area (Å²) in [5, 5.41) is 0.161. The molecule has 0 amide bonds. The Kier molecular flexibility index (Phi) is 20.4. The molecule has 58 heavy (non-hydrogen) atoms. The van der Waals surface area contributed by atoms with E-state index < -0.39 is 16.6 Å². The molecule has 328 valence electrons. The number of methoxy groups -OCH3 is 2. The molecule has 0 aliphatic carbocycles. The number of hydrogen-bond donors (Lipinski definition) is 0. The summed E-state index contributed by atoms with van der Waals surface area (Å²) in [4.78, 5) is 0. The summed E-state index contributed by atoms with van der Waals surface area (Å²) in [5.41, 5.74) is 3.62. The summed E-state index contributed by atoms with van der Waals surface area (Å²) in [7, 11) is -0.855. The molecule has 0 unspecified atom stereocenters. The number of ether oxygens (including phenoxy) is 4. The van der Waals surface area contributed by atoms with Crippen LogP contribution in [0.15, 0.2) is 85.0 Å². The number of allylic oxidation sites excluding steroid dienone is 3. The highest BCUT2D eigenvalue weighted by Crippen LogP contribution is 2.42. The Labute approximate surface area is 358 Å². The zero-order valence-corrected chi connectivity index (χ0v) is 42.0. The Morgan fingerprint density at radius 2 is 1.12 bits per heavy atom. The van der Waals surface area contributed by atoms with E-state index in [1.54, 1.807) is 14.2 Å². The van der Waals surface area contributed by atoms with Gasteiger partial charge in [0.1, 0.15) is 11.5 Å². The van der Waals surface area contributed by atoms with Crippen LogP contribution in [0, 0.1) is 29.6 Å². The van der Waals surface area contributed by atoms with Crippen LogP contribution >= 0.6 is 0 Å². The maximum atomic E-state index is 7.46. The first-order valence-corrected chi connectivity index (χ1v) is 27.5. The van der Waals surface area contributed by atoms with Crippen molar-refractivity contribution in [3.63, 3.8) is 0 Å². The fraction of sp³-hybridized carbons (Fsp3) is 0.640. The predicted octanol–water partition coefficient (Wildman–Crippen LogP) is 13.8. The Hall–Kier alpha value is -2.47. The van der Waals surface area contributed by atoms with Gasteiger partial charge in [-0.3, -0.25) is 0 Å². The minimum Gasteiger partial charge on any atom is -0.497 e. The second kappa shape index (κ2) is 22.9. The molecule has 2 aromatic rings. The quantitative estimate of drug-likeness (QED) is 0.0596. The largest absolute Gasteiger partial charge is 0.497 e. The van der Waals surface area contributed by atoms with E-state index in [-0.39, 0.29) is 58.0 Å². The minimum absolute atomic E-state index is 0.00967. The molecule has 0 aliphatic rings. The zero-order valence-electron chi connectivity index (χ0n) is 40.0. The fourth-order valence-corrected chi connectivity index (χ4v) is 10.1. The minimum atomic E-state index is -2.16. The Bertz CT molecular complexity index is 1550. The second-order valence-corrected chi connectivity index (χ2v) is 29.6. The van der Waals surface area contributed by atoms with Crippen molar-refractivity contribution in [1.82, 2.24) is 0 Å². The smallest absolute Gasteiger partial charge is 0.192 e. The third-order valence-corrected chi connectivity index (χ3v) is 21.8. The van der Waals surface area contributed by atoms with Crippen LogP contribution < -0.4 is 9.47 Å². The van der Waals surface area contributed by atoms with Gasteiger partial charge in [0.25, 0.3) is 0 Å². The van der Waals surface area contributed by atoms with Gasteiger partial charge in [-0.05, 0) is 96.8 Å². The highest BCUT2D eigenvalue weighted by Gasteiger charge is 2.44. The van der Waals surface area contributed by atoms with Crippen molar-refractivity contribution in [3.8, 4) is 11.5 Å². The summed E-state index contributed by atoms with van der Waals surface area (Å²) in [5.74, 6) is 2.62. The molecule has 6 nitrogen and oxygen atoms in total. The monoisotopic (exact) mass is 837 g/mol. The Morgan fingerprint density at radius 3 is 1.57 bits per heavy atom. The zero-order chi connectivity index (χ0) is 44.1. The van der Waals surface area contributed by atoms with Gasteiger partial charge >= 0.3 is 0 Å². The van der Waals surface area contributed by atoms with E-state index in [2.05, 4.69) is 152 Å². The van der Waals surface area contributed by atoms with E-state index in [4.69, 9.17) is 27.8 Å². The lowest BCUT2D eigenvalue weighted by Crippen LogP contribution is -2.50. The second-order valence-electron chi connectivity index (χ2n) is 20.0. The first-order valence-electron chi connectivity index (χ1n) is 21.6. The van der Waals surface area contributed by atoms with Gasteiger partial charge in [-0.15, -0.1) is 0 Å². The third kappa shape index (κ3) is 15.9. The van der Waals surface area contributed by atoms with Crippen LogP contribution in [0.3, 0.4) is 0 Å². The molecule has 0 fully saturated rings. The molecule has 0 spiro atoms. The normalized spacial score (nSPS) is 17.6. The Morgan fingerprint density at radius 1 is 0.655 bits per heavy atom. The van der Waals surface area contributed by atoms with Crippen LogP contribution in [0.5, 0.6) is 11.5 Å². The molecule has 8 heteroatoms. The molecule has 0 aromatic heterocycles. The molecular formula is C50H84O6Si2. The van der Waals surface area contributed by atoms with E-state index in [9.17, 15) is 0 Å². The molecule has 0 saturated heterocycles.